The van der Waals surface area contributed by atoms with Crippen molar-refractivity contribution in [2.75, 3.05) is 0 Å². The number of rotatable bonds is 6. The van der Waals surface area contributed by atoms with Crippen molar-refractivity contribution in [1.82, 2.24) is 4.72 Å². The van der Waals surface area contributed by atoms with Crippen LogP contribution in [0.5, 0.6) is 0 Å². The average Bonchev–Trinajstić information content (AvgIpc) is 2.53. The Bertz CT molecular complexity index is 693. The molecule has 138 valence electrons. The Hall–Kier alpha value is -0.390. The van der Waals surface area contributed by atoms with Crippen molar-refractivity contribution < 1.29 is 8.42 Å². The fraction of sp³-hybridized carbons (Fsp3) is 0.700. The summed E-state index contributed by atoms with van der Waals surface area (Å²) in [6.07, 6.45) is 9.81. The van der Waals surface area contributed by atoms with Gasteiger partial charge in [-0.15, -0.1) is 0 Å². The van der Waals surface area contributed by atoms with Crippen LogP contribution in [0.3, 0.4) is 0 Å². The van der Waals surface area contributed by atoms with Crippen molar-refractivity contribution in [3.05, 3.63) is 28.7 Å². The topological polar surface area (TPSA) is 46.2 Å². The molecule has 1 aromatic carbocycles. The number of nitrogens with one attached hydrogen (secondary N) is 1. The van der Waals surface area contributed by atoms with E-state index in [1.165, 1.54) is 38.5 Å². The van der Waals surface area contributed by atoms with Gasteiger partial charge < -0.3 is 0 Å². The maximum atomic E-state index is 13.0. The Morgan fingerprint density at radius 2 is 1.60 bits per heavy atom. The summed E-state index contributed by atoms with van der Waals surface area (Å²) in [7, 11) is -3.46. The van der Waals surface area contributed by atoms with E-state index in [4.69, 9.17) is 0 Å². The second kappa shape index (κ2) is 6.65. The number of hydrogen-bond acceptors (Lipinski definition) is 2. The van der Waals surface area contributed by atoms with Crippen molar-refractivity contribution in [1.29, 1.82) is 0 Å². The fourth-order valence-electron chi connectivity index (χ4n) is 6.25. The average molecular weight is 426 g/mol. The van der Waals surface area contributed by atoms with Gasteiger partial charge in [0, 0.05) is 10.5 Å². The monoisotopic (exact) mass is 425 g/mol. The molecule has 3 nitrogen and oxygen atoms in total. The molecular weight excluding hydrogens is 398 g/mol. The lowest BCUT2D eigenvalue weighted by molar-refractivity contribution is -0.0712. The zero-order chi connectivity index (χ0) is 17.7. The highest BCUT2D eigenvalue weighted by Gasteiger charge is 2.54. The van der Waals surface area contributed by atoms with E-state index in [-0.39, 0.29) is 11.5 Å². The summed E-state index contributed by atoms with van der Waals surface area (Å²) in [5, 5.41) is 0. The molecule has 4 bridgehead atoms. The van der Waals surface area contributed by atoms with Crippen LogP contribution < -0.4 is 4.72 Å². The van der Waals surface area contributed by atoms with Gasteiger partial charge in [-0.1, -0.05) is 29.3 Å². The van der Waals surface area contributed by atoms with Gasteiger partial charge in [0.25, 0.3) is 0 Å². The third kappa shape index (κ3) is 3.44. The predicted octanol–water partition coefficient (Wildman–Crippen LogP) is 5.11. The first kappa shape index (κ1) is 18.0. The van der Waals surface area contributed by atoms with E-state index in [0.29, 0.717) is 4.90 Å². The minimum absolute atomic E-state index is 0.0829. The first-order valence-corrected chi connectivity index (χ1v) is 12.0. The van der Waals surface area contributed by atoms with E-state index in [9.17, 15) is 8.42 Å². The smallest absolute Gasteiger partial charge is 0.208 e. The van der Waals surface area contributed by atoms with Crippen molar-refractivity contribution in [3.63, 3.8) is 0 Å². The lowest BCUT2D eigenvalue weighted by atomic mass is 9.47. The molecule has 1 N–H and O–H groups in total. The number of halogens is 1. The third-order valence-corrected chi connectivity index (χ3v) is 8.84. The van der Waals surface area contributed by atoms with Crippen LogP contribution in [0, 0.1) is 23.2 Å². The van der Waals surface area contributed by atoms with Gasteiger partial charge in [0.15, 0.2) is 0 Å². The molecule has 5 rings (SSSR count). The van der Waals surface area contributed by atoms with E-state index in [0.717, 1.165) is 35.1 Å². The molecule has 4 saturated carbocycles. The summed E-state index contributed by atoms with van der Waals surface area (Å²) in [4.78, 5) is 0.376. The van der Waals surface area contributed by atoms with E-state index in [1.54, 1.807) is 24.3 Å². The molecular formula is C20H28BrNO2S. The quantitative estimate of drug-likeness (QED) is 0.687. The molecule has 0 unspecified atom stereocenters. The number of hydrogen-bond donors (Lipinski definition) is 1. The summed E-state index contributed by atoms with van der Waals surface area (Å²) >= 11 is 3.38. The molecule has 1 atom stereocenters. The summed E-state index contributed by atoms with van der Waals surface area (Å²) in [5.41, 5.74) is 0.202. The van der Waals surface area contributed by atoms with Crippen LogP contribution >= 0.6 is 15.9 Å². The molecule has 4 aliphatic carbocycles. The lowest BCUT2D eigenvalue weighted by Gasteiger charge is -2.59. The second-order valence-electron chi connectivity index (χ2n) is 8.70. The van der Waals surface area contributed by atoms with Gasteiger partial charge in [0.2, 0.25) is 10.0 Å². The highest BCUT2D eigenvalue weighted by atomic mass is 79.9. The Balaban J connectivity index is 1.60. The Morgan fingerprint density at radius 1 is 1.08 bits per heavy atom. The van der Waals surface area contributed by atoms with E-state index in [1.807, 2.05) is 0 Å². The molecule has 0 aliphatic heterocycles. The molecule has 0 radical (unpaired) electrons. The second-order valence-corrected chi connectivity index (χ2v) is 11.3. The third-order valence-electron chi connectivity index (χ3n) is 6.82. The lowest BCUT2D eigenvalue weighted by Crippen LogP contribution is -2.56. The molecule has 5 heteroatoms. The van der Waals surface area contributed by atoms with Gasteiger partial charge in [0.05, 0.1) is 4.90 Å². The first-order valence-electron chi connectivity index (χ1n) is 9.68. The van der Waals surface area contributed by atoms with Crippen molar-refractivity contribution in [2.24, 2.45) is 23.2 Å². The Labute approximate surface area is 160 Å². The van der Waals surface area contributed by atoms with Gasteiger partial charge in [-0.2, -0.15) is 0 Å². The van der Waals surface area contributed by atoms with Crippen LogP contribution in [0.25, 0.3) is 0 Å². The van der Waals surface area contributed by atoms with Gasteiger partial charge in [-0.25, -0.2) is 13.1 Å². The first-order chi connectivity index (χ1) is 11.9. The molecule has 4 aliphatic rings. The Kier molecular flexibility index (Phi) is 4.79. The van der Waals surface area contributed by atoms with Crippen LogP contribution in [0.4, 0.5) is 0 Å². The minimum atomic E-state index is -3.46. The molecule has 0 saturated heterocycles. The largest absolute Gasteiger partial charge is 0.240 e. The maximum Gasteiger partial charge on any atom is 0.240 e. The molecule has 25 heavy (non-hydrogen) atoms. The maximum absolute atomic E-state index is 13.0. The SMILES string of the molecule is CCC[C@@H](NS(=O)(=O)c1ccc(Br)cc1)C12CC3CC(CC(C3)C1)C2. The minimum Gasteiger partial charge on any atom is -0.208 e. The van der Waals surface area contributed by atoms with Gasteiger partial charge in [-0.3, -0.25) is 0 Å². The Morgan fingerprint density at radius 3 is 2.08 bits per heavy atom. The zero-order valence-electron chi connectivity index (χ0n) is 14.9. The van der Waals surface area contributed by atoms with E-state index in [2.05, 4.69) is 27.6 Å². The fourth-order valence-corrected chi connectivity index (χ4v) is 7.89. The molecule has 0 heterocycles. The molecule has 1 aromatic rings. The van der Waals surface area contributed by atoms with Crippen LogP contribution in [-0.4, -0.2) is 14.5 Å². The van der Waals surface area contributed by atoms with Crippen molar-refractivity contribution >= 4 is 26.0 Å². The van der Waals surface area contributed by atoms with E-state index >= 15 is 0 Å². The van der Waals surface area contributed by atoms with E-state index < -0.39 is 10.0 Å². The molecule has 0 spiro atoms. The highest BCUT2D eigenvalue weighted by molar-refractivity contribution is 9.10. The van der Waals surface area contributed by atoms with Gasteiger partial charge in [-0.05, 0) is 92.4 Å². The van der Waals surface area contributed by atoms with Crippen molar-refractivity contribution in [2.45, 2.75) is 69.2 Å². The summed E-state index contributed by atoms with van der Waals surface area (Å²) < 4.78 is 30.0. The normalized spacial score (nSPS) is 35.0. The number of benzene rings is 1. The van der Waals surface area contributed by atoms with Crippen LogP contribution in [-0.2, 0) is 10.0 Å². The predicted molar refractivity (Wildman–Crippen MR) is 104 cm³/mol. The van der Waals surface area contributed by atoms with Gasteiger partial charge >= 0.3 is 0 Å². The van der Waals surface area contributed by atoms with Gasteiger partial charge in [0.1, 0.15) is 0 Å². The molecule has 0 aromatic heterocycles. The number of sulfonamides is 1. The van der Waals surface area contributed by atoms with Crippen LogP contribution in [0.15, 0.2) is 33.6 Å². The standard InChI is InChI=1S/C20H28BrNO2S/c1-2-3-19(22-25(23,24)18-6-4-17(21)5-7-18)20-11-14-8-15(12-20)10-16(9-14)13-20/h4-7,14-16,19,22H,2-3,8-13H2,1H3/t14?,15?,16?,19-,20?/m1/s1. The van der Waals surface area contributed by atoms with Crippen LogP contribution in [0.1, 0.15) is 58.3 Å². The van der Waals surface area contributed by atoms with Crippen LogP contribution in [0.2, 0.25) is 0 Å². The summed E-state index contributed by atoms with van der Waals surface area (Å²) in [6, 6.07) is 7.06. The molecule has 0 amide bonds. The summed E-state index contributed by atoms with van der Waals surface area (Å²) in [6.45, 7) is 2.17. The van der Waals surface area contributed by atoms with Crippen molar-refractivity contribution in [3.8, 4) is 0 Å². The highest BCUT2D eigenvalue weighted by Crippen LogP contribution is 2.61. The summed E-state index contributed by atoms with van der Waals surface area (Å²) in [5.74, 6) is 2.51. The molecule has 4 fully saturated rings. The zero-order valence-corrected chi connectivity index (χ0v) is 17.3.